The summed E-state index contributed by atoms with van der Waals surface area (Å²) in [5, 5.41) is 4.45. The van der Waals surface area contributed by atoms with E-state index in [4.69, 9.17) is 9.47 Å². The Morgan fingerprint density at radius 1 is 1.32 bits per heavy atom. The molecule has 25 heavy (non-hydrogen) atoms. The molecule has 2 aromatic rings. The van der Waals surface area contributed by atoms with E-state index in [0.717, 1.165) is 11.3 Å². The lowest BCUT2D eigenvalue weighted by Gasteiger charge is -2.26. The van der Waals surface area contributed by atoms with Gasteiger partial charge in [0, 0.05) is 23.5 Å². The van der Waals surface area contributed by atoms with Gasteiger partial charge in [-0.2, -0.15) is 5.10 Å². The van der Waals surface area contributed by atoms with E-state index in [2.05, 4.69) is 11.7 Å². The van der Waals surface area contributed by atoms with Crippen LogP contribution in [0.3, 0.4) is 0 Å². The van der Waals surface area contributed by atoms with Gasteiger partial charge < -0.3 is 14.4 Å². The van der Waals surface area contributed by atoms with Crippen LogP contribution >= 0.6 is 0 Å². The summed E-state index contributed by atoms with van der Waals surface area (Å²) in [5.74, 6) is 1.21. The number of nitrogens with zero attached hydrogens (tertiary/aromatic N) is 3. The summed E-state index contributed by atoms with van der Waals surface area (Å²) in [7, 11) is 0. The summed E-state index contributed by atoms with van der Waals surface area (Å²) in [4.78, 5) is 14.1. The van der Waals surface area contributed by atoms with Crippen molar-refractivity contribution in [3.05, 3.63) is 48.8 Å². The first kappa shape index (κ1) is 15.7. The lowest BCUT2D eigenvalue weighted by molar-refractivity contribution is -0.114. The molecule has 0 radical (unpaired) electrons. The number of hydrogen-bond donors (Lipinski definition) is 0. The molecule has 0 bridgehead atoms. The van der Waals surface area contributed by atoms with Crippen LogP contribution in [0.5, 0.6) is 11.5 Å². The minimum Gasteiger partial charge on any atom is -0.486 e. The fourth-order valence-electron chi connectivity index (χ4n) is 3.10. The highest BCUT2D eigenvalue weighted by atomic mass is 16.6. The Morgan fingerprint density at radius 2 is 2.12 bits per heavy atom. The summed E-state index contributed by atoms with van der Waals surface area (Å²) < 4.78 is 13.2. The molecule has 1 fully saturated rings. The Morgan fingerprint density at radius 3 is 2.84 bits per heavy atom. The van der Waals surface area contributed by atoms with E-state index in [1.54, 1.807) is 4.90 Å². The highest BCUT2D eigenvalue weighted by Gasteiger charge is 2.22. The monoisotopic (exact) mass is 339 g/mol. The molecule has 2 heterocycles. The van der Waals surface area contributed by atoms with E-state index in [-0.39, 0.29) is 5.91 Å². The molecule has 1 aromatic heterocycles. The molecule has 6 heteroatoms. The van der Waals surface area contributed by atoms with E-state index in [9.17, 15) is 4.79 Å². The number of anilines is 1. The number of amides is 1. The Balaban J connectivity index is 1.58. The Hall–Kier alpha value is -2.76. The van der Waals surface area contributed by atoms with Gasteiger partial charge >= 0.3 is 0 Å². The molecule has 1 aliphatic carbocycles. The van der Waals surface area contributed by atoms with Crippen LogP contribution < -0.4 is 14.4 Å². The topological polar surface area (TPSA) is 56.6 Å². The van der Waals surface area contributed by atoms with Gasteiger partial charge in [-0.25, -0.2) is 0 Å². The molecule has 0 N–H and O–H groups in total. The van der Waals surface area contributed by atoms with Crippen molar-refractivity contribution >= 4 is 11.6 Å². The first-order chi connectivity index (χ1) is 12.2. The van der Waals surface area contributed by atoms with Crippen molar-refractivity contribution in [2.75, 3.05) is 18.1 Å². The smallest absolute Gasteiger partial charge is 0.250 e. The zero-order valence-electron chi connectivity index (χ0n) is 14.1. The summed E-state index contributed by atoms with van der Waals surface area (Å²) >= 11 is 0. The van der Waals surface area contributed by atoms with Crippen LogP contribution in [0.15, 0.2) is 43.2 Å². The standard InChI is InChI=1S/C19H21N3O3/c1-2-19(23)21(12-14-11-20-22(13-14)15-4-3-5-15)16-6-7-17-18(10-16)25-9-8-24-17/h2,6-7,10-11,13,15H,1,3-5,8-9,12H2. The maximum absolute atomic E-state index is 12.4. The van der Waals surface area contributed by atoms with Crippen molar-refractivity contribution in [2.45, 2.75) is 31.8 Å². The van der Waals surface area contributed by atoms with Gasteiger partial charge in [0.05, 0.1) is 18.8 Å². The van der Waals surface area contributed by atoms with E-state index < -0.39 is 0 Å². The van der Waals surface area contributed by atoms with E-state index in [0.29, 0.717) is 37.3 Å². The second-order valence-corrected chi connectivity index (χ2v) is 6.37. The lowest BCUT2D eigenvalue weighted by atomic mass is 9.93. The number of fused-ring (bicyclic) bond motifs is 1. The van der Waals surface area contributed by atoms with Crippen LogP contribution in [0.4, 0.5) is 5.69 Å². The van der Waals surface area contributed by atoms with Crippen molar-refractivity contribution in [3.8, 4) is 11.5 Å². The number of rotatable bonds is 5. The Bertz CT molecular complexity index is 795. The van der Waals surface area contributed by atoms with Crippen LogP contribution in [0.1, 0.15) is 30.9 Å². The van der Waals surface area contributed by atoms with Crippen LogP contribution in [0, 0.1) is 0 Å². The fourth-order valence-corrected chi connectivity index (χ4v) is 3.10. The van der Waals surface area contributed by atoms with Crippen molar-refractivity contribution in [1.82, 2.24) is 9.78 Å². The summed E-state index contributed by atoms with van der Waals surface area (Å²) in [6.07, 6.45) is 8.81. The molecule has 2 aliphatic rings. The van der Waals surface area contributed by atoms with Crippen molar-refractivity contribution in [3.63, 3.8) is 0 Å². The van der Waals surface area contributed by atoms with Crippen molar-refractivity contribution in [1.29, 1.82) is 0 Å². The second kappa shape index (κ2) is 6.63. The first-order valence-electron chi connectivity index (χ1n) is 8.61. The molecule has 1 saturated carbocycles. The molecule has 0 atom stereocenters. The van der Waals surface area contributed by atoms with Crippen LogP contribution in [-0.2, 0) is 11.3 Å². The summed E-state index contributed by atoms with van der Waals surface area (Å²) in [6.45, 7) is 5.12. The third-order valence-corrected chi connectivity index (χ3v) is 4.72. The van der Waals surface area contributed by atoms with Gasteiger partial charge in [0.25, 0.3) is 5.91 Å². The van der Waals surface area contributed by atoms with Crippen molar-refractivity contribution < 1.29 is 14.3 Å². The predicted molar refractivity (Wildman–Crippen MR) is 93.9 cm³/mol. The number of benzene rings is 1. The zero-order chi connectivity index (χ0) is 17.2. The number of hydrogen-bond acceptors (Lipinski definition) is 4. The van der Waals surface area contributed by atoms with Gasteiger partial charge in [0.1, 0.15) is 13.2 Å². The second-order valence-electron chi connectivity index (χ2n) is 6.37. The fraction of sp³-hybridized carbons (Fsp3) is 0.368. The molecule has 4 rings (SSSR count). The quantitative estimate of drug-likeness (QED) is 0.786. The molecular weight excluding hydrogens is 318 g/mol. The molecule has 6 nitrogen and oxygen atoms in total. The Labute approximate surface area is 146 Å². The summed E-state index contributed by atoms with van der Waals surface area (Å²) in [5.41, 5.74) is 1.75. The minimum atomic E-state index is -0.159. The lowest BCUT2D eigenvalue weighted by Crippen LogP contribution is -2.28. The third kappa shape index (κ3) is 3.12. The highest BCUT2D eigenvalue weighted by Crippen LogP contribution is 2.35. The molecule has 0 saturated heterocycles. The summed E-state index contributed by atoms with van der Waals surface area (Å²) in [6, 6.07) is 6.05. The molecule has 0 unspecified atom stereocenters. The van der Waals surface area contributed by atoms with Gasteiger partial charge in [-0.1, -0.05) is 6.58 Å². The van der Waals surface area contributed by atoms with Crippen LogP contribution in [0.25, 0.3) is 0 Å². The van der Waals surface area contributed by atoms with Gasteiger partial charge in [0.2, 0.25) is 0 Å². The van der Waals surface area contributed by atoms with Gasteiger partial charge in [0.15, 0.2) is 11.5 Å². The van der Waals surface area contributed by atoms with Gasteiger partial charge in [-0.15, -0.1) is 0 Å². The maximum atomic E-state index is 12.4. The number of carbonyl (C=O) groups is 1. The number of ether oxygens (including phenoxy) is 2. The average molecular weight is 339 g/mol. The molecule has 130 valence electrons. The largest absolute Gasteiger partial charge is 0.486 e. The molecule has 1 amide bonds. The zero-order valence-corrected chi connectivity index (χ0v) is 14.1. The third-order valence-electron chi connectivity index (χ3n) is 4.72. The molecule has 1 aromatic carbocycles. The van der Waals surface area contributed by atoms with Crippen LogP contribution in [0.2, 0.25) is 0 Å². The maximum Gasteiger partial charge on any atom is 0.250 e. The van der Waals surface area contributed by atoms with Gasteiger partial charge in [-0.3, -0.25) is 9.48 Å². The van der Waals surface area contributed by atoms with E-state index >= 15 is 0 Å². The molecule has 0 spiro atoms. The molecular formula is C19H21N3O3. The molecule has 1 aliphatic heterocycles. The first-order valence-corrected chi connectivity index (χ1v) is 8.61. The highest BCUT2D eigenvalue weighted by molar-refractivity contribution is 6.01. The number of aromatic nitrogens is 2. The van der Waals surface area contributed by atoms with Gasteiger partial charge in [-0.05, 0) is 37.5 Å². The normalized spacial score (nSPS) is 16.2. The van der Waals surface area contributed by atoms with E-state index in [1.807, 2.05) is 35.3 Å². The predicted octanol–water partition coefficient (Wildman–Crippen LogP) is 3.10. The Kier molecular flexibility index (Phi) is 4.17. The minimum absolute atomic E-state index is 0.159. The van der Waals surface area contributed by atoms with Crippen LogP contribution in [-0.4, -0.2) is 28.9 Å². The number of carbonyl (C=O) groups excluding carboxylic acids is 1. The van der Waals surface area contributed by atoms with E-state index in [1.165, 1.54) is 25.3 Å². The SMILES string of the molecule is C=CC(=O)N(Cc1cnn(C2CCC2)c1)c1ccc2c(c1)OCCO2. The average Bonchev–Trinajstić information content (AvgIpc) is 3.05. The van der Waals surface area contributed by atoms with Crippen molar-refractivity contribution in [2.24, 2.45) is 0 Å².